The highest BCUT2D eigenvalue weighted by atomic mass is 35.6. The van der Waals surface area contributed by atoms with Gasteiger partial charge in [0.15, 0.2) is 5.11 Å². The first-order chi connectivity index (χ1) is 12.6. The van der Waals surface area contributed by atoms with Crippen molar-refractivity contribution in [1.82, 2.24) is 10.6 Å². The Morgan fingerprint density at radius 3 is 2.19 bits per heavy atom. The number of alkyl halides is 3. The van der Waals surface area contributed by atoms with Gasteiger partial charge in [-0.15, -0.1) is 0 Å². The topological polar surface area (TPSA) is 53.2 Å². The van der Waals surface area contributed by atoms with E-state index in [1.165, 1.54) is 0 Å². The molecule has 0 fully saturated rings. The Balaban J connectivity index is 1.97. The first kappa shape index (κ1) is 22.1. The second-order valence-electron chi connectivity index (χ2n) is 5.81. The van der Waals surface area contributed by atoms with Gasteiger partial charge < -0.3 is 16.0 Å². The van der Waals surface area contributed by atoms with Crippen LogP contribution in [0.4, 0.5) is 5.69 Å². The molecule has 0 aliphatic rings. The molecule has 0 saturated carbocycles. The molecule has 1 unspecified atom stereocenters. The van der Waals surface area contributed by atoms with Gasteiger partial charge in [0.2, 0.25) is 9.70 Å². The average Bonchev–Trinajstić information content (AvgIpc) is 2.57. The second-order valence-corrected chi connectivity index (χ2v) is 9.02. The summed E-state index contributed by atoms with van der Waals surface area (Å²) < 4.78 is -1.81. The molecule has 9 heteroatoms. The van der Waals surface area contributed by atoms with Crippen LogP contribution in [0.5, 0.6) is 0 Å². The third-order valence-electron chi connectivity index (χ3n) is 3.50. The smallest absolute Gasteiger partial charge is 0.228 e. The molecule has 0 spiro atoms. The number of hydrogen-bond acceptors (Lipinski definition) is 2. The van der Waals surface area contributed by atoms with Gasteiger partial charge in [-0.25, -0.2) is 0 Å². The lowest BCUT2D eigenvalue weighted by Gasteiger charge is -2.27. The maximum absolute atomic E-state index is 12.3. The number of carbonyl (C=O) groups excluding carboxylic acids is 1. The van der Waals surface area contributed by atoms with Gasteiger partial charge in [-0.05, 0) is 49.0 Å². The molecule has 0 aliphatic heterocycles. The average molecular weight is 465 g/mol. The summed E-state index contributed by atoms with van der Waals surface area (Å²) in [4.78, 5) is 12.3. The number of benzene rings is 2. The van der Waals surface area contributed by atoms with Gasteiger partial charge in [0, 0.05) is 10.7 Å². The van der Waals surface area contributed by atoms with Crippen LogP contribution in [0.2, 0.25) is 5.02 Å². The molecule has 4 nitrogen and oxygen atoms in total. The zero-order valence-corrected chi connectivity index (χ0v) is 18.1. The van der Waals surface area contributed by atoms with Crippen molar-refractivity contribution in [2.24, 2.45) is 0 Å². The Kier molecular flexibility index (Phi) is 8.01. The molecule has 0 bridgehead atoms. The molecule has 2 aromatic carbocycles. The normalized spacial score (nSPS) is 12.2. The van der Waals surface area contributed by atoms with E-state index in [0.29, 0.717) is 10.7 Å². The SMILES string of the molecule is Cc1ccc(CC(=O)NC(NC(=S)Nc2ccc(Cl)cc2)C(Cl)(Cl)Cl)cc1. The van der Waals surface area contributed by atoms with E-state index in [0.717, 1.165) is 11.1 Å². The summed E-state index contributed by atoms with van der Waals surface area (Å²) in [5.74, 6) is -0.308. The Labute approximate surface area is 183 Å². The van der Waals surface area contributed by atoms with Crippen molar-refractivity contribution < 1.29 is 4.79 Å². The third kappa shape index (κ3) is 7.72. The van der Waals surface area contributed by atoms with Crippen molar-refractivity contribution in [2.75, 3.05) is 5.32 Å². The van der Waals surface area contributed by atoms with Crippen molar-refractivity contribution in [3.63, 3.8) is 0 Å². The Bertz CT molecular complexity index is 730. The van der Waals surface area contributed by atoms with Crippen LogP contribution < -0.4 is 16.0 Å². The van der Waals surface area contributed by atoms with Gasteiger partial charge >= 0.3 is 0 Å². The number of nitrogens with one attached hydrogen (secondary N) is 3. The predicted octanol–water partition coefficient (Wildman–Crippen LogP) is 4.99. The summed E-state index contributed by atoms with van der Waals surface area (Å²) in [6, 6.07) is 14.5. The minimum atomic E-state index is -1.81. The Morgan fingerprint density at radius 1 is 1.04 bits per heavy atom. The molecule has 1 amide bonds. The molecule has 0 radical (unpaired) electrons. The van der Waals surface area contributed by atoms with Gasteiger partial charge in [0.25, 0.3) is 0 Å². The van der Waals surface area contributed by atoms with E-state index in [4.69, 9.17) is 58.6 Å². The van der Waals surface area contributed by atoms with Crippen molar-refractivity contribution in [2.45, 2.75) is 23.3 Å². The van der Waals surface area contributed by atoms with Crippen LogP contribution in [-0.2, 0) is 11.2 Å². The molecule has 0 aliphatic carbocycles. The fourth-order valence-electron chi connectivity index (χ4n) is 2.13. The molecule has 27 heavy (non-hydrogen) atoms. The number of carbonyl (C=O) groups is 1. The molecule has 1 atom stereocenters. The predicted molar refractivity (Wildman–Crippen MR) is 118 cm³/mol. The molecule has 3 N–H and O–H groups in total. The fraction of sp³-hybridized carbons (Fsp3) is 0.222. The first-order valence-electron chi connectivity index (χ1n) is 7.88. The van der Waals surface area contributed by atoms with Crippen LogP contribution in [0, 0.1) is 6.92 Å². The van der Waals surface area contributed by atoms with Crippen molar-refractivity contribution >= 4 is 75.3 Å². The third-order valence-corrected chi connectivity index (χ3v) is 4.62. The standard InChI is InChI=1S/C18H17Cl4N3OS/c1-11-2-4-12(5-3-11)10-15(26)24-16(18(20,21)22)25-17(27)23-14-8-6-13(19)7-9-14/h2-9,16H,10H2,1H3,(H,24,26)(H2,23,25,27). The fourth-order valence-corrected chi connectivity index (χ4v) is 2.82. The molecular weight excluding hydrogens is 448 g/mol. The summed E-state index contributed by atoms with van der Waals surface area (Å²) in [7, 11) is 0. The quantitative estimate of drug-likeness (QED) is 0.331. The van der Waals surface area contributed by atoms with E-state index >= 15 is 0 Å². The summed E-state index contributed by atoms with van der Waals surface area (Å²) in [5, 5.41) is 9.18. The van der Waals surface area contributed by atoms with Gasteiger partial charge in [-0.1, -0.05) is 76.2 Å². The number of halogens is 4. The number of aryl methyl sites for hydroxylation is 1. The Morgan fingerprint density at radius 2 is 1.63 bits per heavy atom. The molecule has 2 aromatic rings. The number of amides is 1. The molecular formula is C18H17Cl4N3OS. The lowest BCUT2D eigenvalue weighted by atomic mass is 10.1. The summed E-state index contributed by atoms with van der Waals surface area (Å²) in [6.07, 6.45) is -0.871. The van der Waals surface area contributed by atoms with Crippen LogP contribution in [0.15, 0.2) is 48.5 Å². The maximum atomic E-state index is 12.3. The van der Waals surface area contributed by atoms with E-state index in [1.54, 1.807) is 24.3 Å². The second kappa shape index (κ2) is 9.80. The van der Waals surface area contributed by atoms with Gasteiger partial charge in [0.05, 0.1) is 6.42 Å². The highest BCUT2D eigenvalue weighted by Crippen LogP contribution is 2.29. The van der Waals surface area contributed by atoms with Crippen LogP contribution >= 0.6 is 58.6 Å². The molecule has 0 aromatic heterocycles. The lowest BCUT2D eigenvalue weighted by Crippen LogP contribution is -2.56. The summed E-state index contributed by atoms with van der Waals surface area (Å²) in [6.45, 7) is 1.97. The van der Waals surface area contributed by atoms with Gasteiger partial charge in [-0.2, -0.15) is 0 Å². The molecule has 2 rings (SSSR count). The zero-order valence-electron chi connectivity index (χ0n) is 14.2. The molecule has 0 heterocycles. The lowest BCUT2D eigenvalue weighted by molar-refractivity contribution is -0.121. The summed E-state index contributed by atoms with van der Waals surface area (Å²) in [5.41, 5.74) is 2.66. The maximum Gasteiger partial charge on any atom is 0.228 e. The van der Waals surface area contributed by atoms with Crippen molar-refractivity contribution in [1.29, 1.82) is 0 Å². The highest BCUT2D eigenvalue weighted by Gasteiger charge is 2.34. The first-order valence-corrected chi connectivity index (χ1v) is 9.80. The van der Waals surface area contributed by atoms with Crippen molar-refractivity contribution in [3.05, 3.63) is 64.7 Å². The minimum absolute atomic E-state index is 0.149. The van der Waals surface area contributed by atoms with Crippen molar-refractivity contribution in [3.8, 4) is 0 Å². The minimum Gasteiger partial charge on any atom is -0.339 e. The summed E-state index contributed by atoms with van der Waals surface area (Å²) >= 11 is 29.0. The number of rotatable bonds is 5. The van der Waals surface area contributed by atoms with E-state index < -0.39 is 9.96 Å². The van der Waals surface area contributed by atoms with Gasteiger partial charge in [0.1, 0.15) is 6.17 Å². The van der Waals surface area contributed by atoms with Gasteiger partial charge in [-0.3, -0.25) is 4.79 Å². The monoisotopic (exact) mass is 463 g/mol. The van der Waals surface area contributed by atoms with Crippen LogP contribution in [-0.4, -0.2) is 21.0 Å². The van der Waals surface area contributed by atoms with Crippen LogP contribution in [0.3, 0.4) is 0 Å². The van der Waals surface area contributed by atoms with E-state index in [-0.39, 0.29) is 17.4 Å². The van der Waals surface area contributed by atoms with Crippen LogP contribution in [0.1, 0.15) is 11.1 Å². The van der Waals surface area contributed by atoms with Crippen LogP contribution in [0.25, 0.3) is 0 Å². The van der Waals surface area contributed by atoms with E-state index in [9.17, 15) is 4.79 Å². The molecule has 144 valence electrons. The number of thiocarbonyl (C=S) groups is 1. The zero-order chi connectivity index (χ0) is 20.0. The largest absolute Gasteiger partial charge is 0.339 e. The molecule has 0 saturated heterocycles. The van der Waals surface area contributed by atoms with E-state index in [1.807, 2.05) is 31.2 Å². The number of anilines is 1. The van der Waals surface area contributed by atoms with E-state index in [2.05, 4.69) is 16.0 Å². The highest BCUT2D eigenvalue weighted by molar-refractivity contribution is 7.80. The Hall–Kier alpha value is -1.24. The number of hydrogen-bond donors (Lipinski definition) is 3.